The zero-order chi connectivity index (χ0) is 10.7. The van der Waals surface area contributed by atoms with Crippen LogP contribution in [0.1, 0.15) is 51.9 Å². The molecule has 0 unspecified atom stereocenters. The van der Waals surface area contributed by atoms with Gasteiger partial charge >= 0.3 is 5.97 Å². The SMILES string of the molecule is CCOC(=O)CC1(NC2CC2)CCCC1. The molecule has 0 aromatic heterocycles. The van der Waals surface area contributed by atoms with Crippen LogP contribution in [0.25, 0.3) is 0 Å². The van der Waals surface area contributed by atoms with Crippen molar-refractivity contribution in [3.8, 4) is 0 Å². The standard InChI is InChI=1S/C12H21NO2/c1-2-15-11(14)9-12(7-3-4-8-12)13-10-5-6-10/h10,13H,2-9H2,1H3. The molecule has 0 amide bonds. The molecule has 0 aromatic carbocycles. The average molecular weight is 211 g/mol. The van der Waals surface area contributed by atoms with Crippen molar-refractivity contribution in [2.75, 3.05) is 6.61 Å². The maximum absolute atomic E-state index is 11.5. The van der Waals surface area contributed by atoms with Crippen molar-refractivity contribution in [3.05, 3.63) is 0 Å². The Hall–Kier alpha value is -0.570. The van der Waals surface area contributed by atoms with Crippen molar-refractivity contribution >= 4 is 5.97 Å². The largest absolute Gasteiger partial charge is 0.466 e. The highest BCUT2D eigenvalue weighted by Crippen LogP contribution is 2.36. The molecular weight excluding hydrogens is 190 g/mol. The lowest BCUT2D eigenvalue weighted by Gasteiger charge is -2.29. The summed E-state index contributed by atoms with van der Waals surface area (Å²) in [6, 6.07) is 0.678. The summed E-state index contributed by atoms with van der Waals surface area (Å²) in [4.78, 5) is 11.5. The first-order chi connectivity index (χ1) is 7.24. The number of ether oxygens (including phenoxy) is 1. The third kappa shape index (κ3) is 2.94. The Morgan fingerprint density at radius 2 is 2.07 bits per heavy atom. The number of esters is 1. The van der Waals surface area contributed by atoms with E-state index in [2.05, 4.69) is 5.32 Å². The first kappa shape index (κ1) is 10.9. The normalized spacial score (nSPS) is 24.1. The molecule has 0 aromatic rings. The second-order valence-corrected chi connectivity index (χ2v) is 4.89. The third-order valence-electron chi connectivity index (χ3n) is 3.44. The fraction of sp³-hybridized carbons (Fsp3) is 0.917. The van der Waals surface area contributed by atoms with Crippen molar-refractivity contribution < 1.29 is 9.53 Å². The van der Waals surface area contributed by atoms with Crippen LogP contribution in [-0.2, 0) is 9.53 Å². The predicted octanol–water partition coefficient (Wildman–Crippen LogP) is 2.00. The summed E-state index contributed by atoms with van der Waals surface area (Å²) >= 11 is 0. The van der Waals surface area contributed by atoms with Crippen molar-refractivity contribution in [2.45, 2.75) is 63.5 Å². The topological polar surface area (TPSA) is 38.3 Å². The van der Waals surface area contributed by atoms with Gasteiger partial charge in [-0.3, -0.25) is 4.79 Å². The van der Waals surface area contributed by atoms with Crippen LogP contribution in [0.2, 0.25) is 0 Å². The molecule has 15 heavy (non-hydrogen) atoms. The zero-order valence-corrected chi connectivity index (χ0v) is 9.55. The Bertz CT molecular complexity index is 230. The van der Waals surface area contributed by atoms with E-state index in [0.29, 0.717) is 19.1 Å². The van der Waals surface area contributed by atoms with Gasteiger partial charge in [-0.1, -0.05) is 12.8 Å². The summed E-state index contributed by atoms with van der Waals surface area (Å²) in [6.07, 6.45) is 7.91. The maximum Gasteiger partial charge on any atom is 0.307 e. The molecule has 0 aliphatic heterocycles. The highest BCUT2D eigenvalue weighted by molar-refractivity contribution is 5.71. The van der Waals surface area contributed by atoms with E-state index in [-0.39, 0.29) is 11.5 Å². The van der Waals surface area contributed by atoms with E-state index in [9.17, 15) is 4.79 Å². The lowest BCUT2D eigenvalue weighted by Crippen LogP contribution is -2.46. The van der Waals surface area contributed by atoms with Gasteiger partial charge in [-0.2, -0.15) is 0 Å². The molecular formula is C12H21NO2. The van der Waals surface area contributed by atoms with E-state index < -0.39 is 0 Å². The van der Waals surface area contributed by atoms with Crippen LogP contribution >= 0.6 is 0 Å². The van der Waals surface area contributed by atoms with Gasteiger partial charge in [0.1, 0.15) is 0 Å². The fourth-order valence-electron chi connectivity index (χ4n) is 2.57. The van der Waals surface area contributed by atoms with Crippen molar-refractivity contribution in [1.82, 2.24) is 5.32 Å². The minimum atomic E-state index is -0.0347. The van der Waals surface area contributed by atoms with Crippen molar-refractivity contribution in [2.24, 2.45) is 0 Å². The Labute approximate surface area is 91.6 Å². The quantitative estimate of drug-likeness (QED) is 0.707. The van der Waals surface area contributed by atoms with E-state index in [4.69, 9.17) is 4.74 Å². The maximum atomic E-state index is 11.5. The highest BCUT2D eigenvalue weighted by atomic mass is 16.5. The molecule has 0 spiro atoms. The second-order valence-electron chi connectivity index (χ2n) is 4.89. The highest BCUT2D eigenvalue weighted by Gasteiger charge is 2.40. The average Bonchev–Trinajstić information content (AvgIpc) is 2.86. The van der Waals surface area contributed by atoms with Gasteiger partial charge < -0.3 is 10.1 Å². The first-order valence-corrected chi connectivity index (χ1v) is 6.17. The van der Waals surface area contributed by atoms with Gasteiger partial charge in [0.05, 0.1) is 13.0 Å². The molecule has 3 heteroatoms. The van der Waals surface area contributed by atoms with Gasteiger partial charge in [0.25, 0.3) is 0 Å². The first-order valence-electron chi connectivity index (χ1n) is 6.17. The second kappa shape index (κ2) is 4.52. The predicted molar refractivity (Wildman–Crippen MR) is 58.6 cm³/mol. The molecule has 0 bridgehead atoms. The number of hydrogen-bond acceptors (Lipinski definition) is 3. The molecule has 3 nitrogen and oxygen atoms in total. The van der Waals surface area contributed by atoms with Gasteiger partial charge in [0, 0.05) is 11.6 Å². The van der Waals surface area contributed by atoms with Crippen LogP contribution < -0.4 is 5.32 Å². The van der Waals surface area contributed by atoms with E-state index in [1.54, 1.807) is 0 Å². The van der Waals surface area contributed by atoms with Crippen molar-refractivity contribution in [3.63, 3.8) is 0 Å². The molecule has 1 N–H and O–H groups in total. The smallest absolute Gasteiger partial charge is 0.307 e. The molecule has 0 heterocycles. The summed E-state index contributed by atoms with van der Waals surface area (Å²) in [5, 5.41) is 3.65. The fourth-order valence-corrected chi connectivity index (χ4v) is 2.57. The van der Waals surface area contributed by atoms with Crippen LogP contribution in [-0.4, -0.2) is 24.2 Å². The molecule has 2 aliphatic carbocycles. The van der Waals surface area contributed by atoms with Crippen LogP contribution in [0.3, 0.4) is 0 Å². The summed E-state index contributed by atoms with van der Waals surface area (Å²) in [5.41, 5.74) is 0.0768. The zero-order valence-electron chi connectivity index (χ0n) is 9.55. The van der Waals surface area contributed by atoms with Crippen LogP contribution in [0.5, 0.6) is 0 Å². The third-order valence-corrected chi connectivity index (χ3v) is 3.44. The van der Waals surface area contributed by atoms with E-state index in [1.165, 1.54) is 25.7 Å². The van der Waals surface area contributed by atoms with Crippen LogP contribution in [0, 0.1) is 0 Å². The monoisotopic (exact) mass is 211 g/mol. The van der Waals surface area contributed by atoms with Gasteiger partial charge in [-0.25, -0.2) is 0 Å². The number of carbonyl (C=O) groups excluding carboxylic acids is 1. The Balaban J connectivity index is 1.89. The molecule has 2 aliphatic rings. The van der Waals surface area contributed by atoms with Gasteiger partial charge in [0.15, 0.2) is 0 Å². The summed E-state index contributed by atoms with van der Waals surface area (Å²) in [6.45, 7) is 2.37. The molecule has 86 valence electrons. The Kier molecular flexibility index (Phi) is 3.29. The minimum Gasteiger partial charge on any atom is -0.466 e. The number of rotatable bonds is 5. The molecule has 2 rings (SSSR count). The Morgan fingerprint density at radius 1 is 1.40 bits per heavy atom. The van der Waals surface area contributed by atoms with Crippen molar-refractivity contribution in [1.29, 1.82) is 0 Å². The summed E-state index contributed by atoms with van der Waals surface area (Å²) in [5.74, 6) is -0.0347. The molecule has 0 saturated heterocycles. The Morgan fingerprint density at radius 3 is 2.60 bits per heavy atom. The van der Waals surface area contributed by atoms with E-state index in [1.807, 2.05) is 6.92 Å². The van der Waals surface area contributed by atoms with E-state index in [0.717, 1.165) is 12.8 Å². The van der Waals surface area contributed by atoms with Crippen LogP contribution in [0.4, 0.5) is 0 Å². The number of nitrogens with one attached hydrogen (secondary N) is 1. The van der Waals surface area contributed by atoms with E-state index >= 15 is 0 Å². The number of hydrogen-bond donors (Lipinski definition) is 1. The summed E-state index contributed by atoms with van der Waals surface area (Å²) in [7, 11) is 0. The van der Waals surface area contributed by atoms with Gasteiger partial charge in [-0.15, -0.1) is 0 Å². The number of carbonyl (C=O) groups is 1. The lowest BCUT2D eigenvalue weighted by molar-refractivity contribution is -0.144. The summed E-state index contributed by atoms with van der Waals surface area (Å²) < 4.78 is 5.05. The van der Waals surface area contributed by atoms with Gasteiger partial charge in [-0.05, 0) is 32.6 Å². The molecule has 2 saturated carbocycles. The van der Waals surface area contributed by atoms with Crippen LogP contribution in [0.15, 0.2) is 0 Å². The lowest BCUT2D eigenvalue weighted by atomic mass is 9.93. The molecule has 0 atom stereocenters. The minimum absolute atomic E-state index is 0.0347. The van der Waals surface area contributed by atoms with Gasteiger partial charge in [0.2, 0.25) is 0 Å². The molecule has 0 radical (unpaired) electrons. The molecule has 2 fully saturated rings.